The molecule has 1 amide bonds. The molecule has 98 valence electrons. The zero-order chi connectivity index (χ0) is 13.0. The summed E-state index contributed by atoms with van der Waals surface area (Å²) in [6.07, 6.45) is 6.54. The number of hydrogen-bond donors (Lipinski definition) is 2. The maximum atomic E-state index is 11.2. The predicted octanol–water partition coefficient (Wildman–Crippen LogP) is 0.888. The molecular weight excluding hydrogens is 228 g/mol. The van der Waals surface area contributed by atoms with Crippen molar-refractivity contribution in [1.82, 2.24) is 4.98 Å². The van der Waals surface area contributed by atoms with Crippen LogP contribution in [0, 0.1) is 0 Å². The summed E-state index contributed by atoms with van der Waals surface area (Å²) >= 11 is 0. The monoisotopic (exact) mass is 248 g/mol. The number of aromatic nitrogens is 1. The summed E-state index contributed by atoms with van der Waals surface area (Å²) in [6, 6.07) is 4.20. The number of nitrogens with zero attached hydrogens (tertiary/aromatic N) is 2. The summed E-state index contributed by atoms with van der Waals surface area (Å²) in [6.45, 7) is 1.40. The van der Waals surface area contributed by atoms with Crippen LogP contribution in [0.3, 0.4) is 0 Å². The third-order valence-corrected chi connectivity index (χ3v) is 3.46. The minimum atomic E-state index is -0.490. The summed E-state index contributed by atoms with van der Waals surface area (Å²) in [5.41, 5.74) is 12.3. The van der Waals surface area contributed by atoms with E-state index in [4.69, 9.17) is 11.5 Å². The molecule has 4 N–H and O–H groups in total. The van der Waals surface area contributed by atoms with Crippen LogP contribution in [0.1, 0.15) is 36.2 Å². The standard InChI is InChI=1S/C13H20N4O/c14-6-8-17(10-3-1-2-4-10)11-5-7-16-12(9-11)13(15)18/h5,7,9-10H,1-4,6,8,14H2,(H2,15,18). The fourth-order valence-electron chi connectivity index (χ4n) is 2.61. The molecule has 0 spiro atoms. The molecule has 2 rings (SSSR count). The largest absolute Gasteiger partial charge is 0.367 e. The highest BCUT2D eigenvalue weighted by Crippen LogP contribution is 2.27. The molecule has 1 fully saturated rings. The molecule has 0 aliphatic heterocycles. The van der Waals surface area contributed by atoms with Crippen LogP contribution in [-0.4, -0.2) is 30.0 Å². The second kappa shape index (κ2) is 5.82. The van der Waals surface area contributed by atoms with Crippen LogP contribution in [-0.2, 0) is 0 Å². The smallest absolute Gasteiger partial charge is 0.267 e. The van der Waals surface area contributed by atoms with Gasteiger partial charge in [-0.25, -0.2) is 0 Å². The molecule has 5 nitrogen and oxygen atoms in total. The molecule has 1 aliphatic rings. The lowest BCUT2D eigenvalue weighted by Crippen LogP contribution is -2.37. The Morgan fingerprint density at radius 2 is 2.17 bits per heavy atom. The normalized spacial score (nSPS) is 15.8. The highest BCUT2D eigenvalue weighted by Gasteiger charge is 2.22. The van der Waals surface area contributed by atoms with E-state index in [-0.39, 0.29) is 0 Å². The summed E-state index contributed by atoms with van der Waals surface area (Å²) in [7, 11) is 0. The van der Waals surface area contributed by atoms with Crippen LogP contribution in [0.2, 0.25) is 0 Å². The number of pyridine rings is 1. The average molecular weight is 248 g/mol. The molecule has 0 aromatic carbocycles. The van der Waals surface area contributed by atoms with E-state index >= 15 is 0 Å². The van der Waals surface area contributed by atoms with Gasteiger partial charge in [-0.15, -0.1) is 0 Å². The van der Waals surface area contributed by atoms with E-state index in [1.807, 2.05) is 6.07 Å². The maximum absolute atomic E-state index is 11.2. The number of carbonyl (C=O) groups is 1. The molecule has 1 aliphatic carbocycles. The Labute approximate surface area is 107 Å². The Kier molecular flexibility index (Phi) is 4.15. The highest BCUT2D eigenvalue weighted by molar-refractivity contribution is 5.91. The first-order chi connectivity index (χ1) is 8.72. The topological polar surface area (TPSA) is 85.2 Å². The molecule has 0 saturated heterocycles. The Balaban J connectivity index is 2.23. The van der Waals surface area contributed by atoms with Gasteiger partial charge in [0.05, 0.1) is 0 Å². The molecule has 0 bridgehead atoms. The number of anilines is 1. The van der Waals surface area contributed by atoms with Gasteiger partial charge in [0.1, 0.15) is 5.69 Å². The Morgan fingerprint density at radius 3 is 2.78 bits per heavy atom. The molecule has 1 heterocycles. The maximum Gasteiger partial charge on any atom is 0.267 e. The van der Waals surface area contributed by atoms with Gasteiger partial charge < -0.3 is 16.4 Å². The summed E-state index contributed by atoms with van der Waals surface area (Å²) in [5, 5.41) is 0. The second-order valence-corrected chi connectivity index (χ2v) is 4.68. The van der Waals surface area contributed by atoms with Gasteiger partial charge >= 0.3 is 0 Å². The molecule has 18 heavy (non-hydrogen) atoms. The van der Waals surface area contributed by atoms with E-state index in [0.717, 1.165) is 12.2 Å². The van der Waals surface area contributed by atoms with Crippen molar-refractivity contribution in [3.63, 3.8) is 0 Å². The van der Waals surface area contributed by atoms with Crippen LogP contribution >= 0.6 is 0 Å². The first kappa shape index (κ1) is 12.8. The van der Waals surface area contributed by atoms with Crippen LogP contribution in [0.15, 0.2) is 18.3 Å². The summed E-state index contributed by atoms with van der Waals surface area (Å²) < 4.78 is 0. The van der Waals surface area contributed by atoms with Crippen molar-refractivity contribution in [2.75, 3.05) is 18.0 Å². The number of hydrogen-bond acceptors (Lipinski definition) is 4. The van der Waals surface area contributed by atoms with E-state index in [0.29, 0.717) is 18.3 Å². The van der Waals surface area contributed by atoms with Gasteiger partial charge in [0.15, 0.2) is 0 Å². The van der Waals surface area contributed by atoms with Crippen molar-refractivity contribution in [2.24, 2.45) is 11.5 Å². The lowest BCUT2D eigenvalue weighted by molar-refractivity contribution is 0.0995. The predicted molar refractivity (Wildman–Crippen MR) is 71.4 cm³/mol. The van der Waals surface area contributed by atoms with E-state index in [1.165, 1.54) is 25.7 Å². The first-order valence-electron chi connectivity index (χ1n) is 6.45. The van der Waals surface area contributed by atoms with Gasteiger partial charge in [0, 0.05) is 31.0 Å². The minimum Gasteiger partial charge on any atom is -0.367 e. The fourth-order valence-corrected chi connectivity index (χ4v) is 2.61. The molecule has 0 radical (unpaired) electrons. The summed E-state index contributed by atoms with van der Waals surface area (Å²) in [4.78, 5) is 17.4. The molecule has 1 aromatic rings. The molecule has 1 aromatic heterocycles. The first-order valence-corrected chi connectivity index (χ1v) is 6.45. The lowest BCUT2D eigenvalue weighted by Gasteiger charge is -2.30. The zero-order valence-electron chi connectivity index (χ0n) is 10.5. The highest BCUT2D eigenvalue weighted by atomic mass is 16.1. The second-order valence-electron chi connectivity index (χ2n) is 4.68. The molecule has 0 unspecified atom stereocenters. The Morgan fingerprint density at radius 1 is 1.44 bits per heavy atom. The number of primary amides is 1. The Bertz CT molecular complexity index is 415. The number of carbonyl (C=O) groups excluding carboxylic acids is 1. The zero-order valence-corrected chi connectivity index (χ0v) is 10.5. The van der Waals surface area contributed by atoms with Crippen molar-refractivity contribution in [3.8, 4) is 0 Å². The fraction of sp³-hybridized carbons (Fsp3) is 0.538. The van der Waals surface area contributed by atoms with Gasteiger partial charge in [0.25, 0.3) is 5.91 Å². The van der Waals surface area contributed by atoms with Gasteiger partial charge in [0.2, 0.25) is 0 Å². The van der Waals surface area contributed by atoms with Crippen LogP contribution < -0.4 is 16.4 Å². The van der Waals surface area contributed by atoms with Crippen LogP contribution in [0.4, 0.5) is 5.69 Å². The van der Waals surface area contributed by atoms with Gasteiger partial charge in [-0.05, 0) is 25.0 Å². The molecular formula is C13H20N4O. The molecule has 0 atom stereocenters. The van der Waals surface area contributed by atoms with E-state index in [9.17, 15) is 4.79 Å². The van der Waals surface area contributed by atoms with Crippen molar-refractivity contribution >= 4 is 11.6 Å². The van der Waals surface area contributed by atoms with Crippen LogP contribution in [0.5, 0.6) is 0 Å². The molecule has 1 saturated carbocycles. The van der Waals surface area contributed by atoms with Crippen LogP contribution in [0.25, 0.3) is 0 Å². The van der Waals surface area contributed by atoms with E-state index in [1.54, 1.807) is 12.3 Å². The number of amides is 1. The SMILES string of the molecule is NCCN(c1ccnc(C(N)=O)c1)C1CCCC1. The van der Waals surface area contributed by atoms with E-state index < -0.39 is 5.91 Å². The van der Waals surface area contributed by atoms with Crippen molar-refractivity contribution in [2.45, 2.75) is 31.7 Å². The van der Waals surface area contributed by atoms with Crippen molar-refractivity contribution in [3.05, 3.63) is 24.0 Å². The number of nitrogens with two attached hydrogens (primary N) is 2. The van der Waals surface area contributed by atoms with Gasteiger partial charge in [-0.1, -0.05) is 12.8 Å². The van der Waals surface area contributed by atoms with Gasteiger partial charge in [-0.3, -0.25) is 9.78 Å². The quantitative estimate of drug-likeness (QED) is 0.810. The average Bonchev–Trinajstić information content (AvgIpc) is 2.89. The molecule has 5 heteroatoms. The summed E-state index contributed by atoms with van der Waals surface area (Å²) in [5.74, 6) is -0.490. The number of rotatable bonds is 5. The lowest BCUT2D eigenvalue weighted by atomic mass is 10.1. The third-order valence-electron chi connectivity index (χ3n) is 3.46. The Hall–Kier alpha value is -1.62. The van der Waals surface area contributed by atoms with Gasteiger partial charge in [-0.2, -0.15) is 0 Å². The van der Waals surface area contributed by atoms with Crippen molar-refractivity contribution in [1.29, 1.82) is 0 Å². The minimum absolute atomic E-state index is 0.313. The van der Waals surface area contributed by atoms with Crippen molar-refractivity contribution < 1.29 is 4.79 Å². The van der Waals surface area contributed by atoms with E-state index in [2.05, 4.69) is 9.88 Å². The third kappa shape index (κ3) is 2.79.